The summed E-state index contributed by atoms with van der Waals surface area (Å²) < 4.78 is 6.41. The quantitative estimate of drug-likeness (QED) is 0.158. The van der Waals surface area contributed by atoms with Gasteiger partial charge in [-0.3, -0.25) is 0 Å². The molecule has 0 saturated heterocycles. The Morgan fingerprint density at radius 3 is 1.59 bits per heavy atom. The highest BCUT2D eigenvalue weighted by molar-refractivity contribution is 6.05. The van der Waals surface area contributed by atoms with Gasteiger partial charge in [-0.1, -0.05) is 200 Å². The van der Waals surface area contributed by atoms with Gasteiger partial charge in [-0.05, 0) is 114 Å². The van der Waals surface area contributed by atoms with Crippen LogP contribution in [0.1, 0.15) is 44.9 Å². The summed E-state index contributed by atoms with van der Waals surface area (Å²) >= 11 is 0. The fourth-order valence-electron chi connectivity index (χ4n) is 10.6. The van der Waals surface area contributed by atoms with Crippen LogP contribution in [-0.4, -0.2) is 0 Å². The normalized spacial score (nSPS) is 13.6. The van der Waals surface area contributed by atoms with Gasteiger partial charge in [-0.15, -0.1) is 0 Å². The minimum absolute atomic E-state index is 0.227. The molecule has 0 fully saturated rings. The SMILES string of the molecule is c1ccc(-c2ccc(-c3ccc(C(Cc4ccc5c(c4)oc4ccccc45)Cc4cccc5c4-c4ccccc4C54c5ccccc5-c5ccccc54)cc3)cc2)cc1. The molecule has 0 N–H and O–H groups in total. The van der Waals surface area contributed by atoms with Crippen molar-refractivity contribution in [3.63, 3.8) is 0 Å². The van der Waals surface area contributed by atoms with Crippen LogP contribution in [0.2, 0.25) is 0 Å². The Morgan fingerprint density at radius 1 is 0.373 bits per heavy atom. The maximum absolute atomic E-state index is 6.41. The smallest absolute Gasteiger partial charge is 0.135 e. The van der Waals surface area contributed by atoms with Crippen molar-refractivity contribution in [2.24, 2.45) is 0 Å². The molecule has 0 amide bonds. The molecule has 9 aromatic carbocycles. The predicted octanol–water partition coefficient (Wildman–Crippen LogP) is 14.8. The Hall–Kier alpha value is -7.22. The molecule has 1 aromatic heterocycles. The number of rotatable bonds is 7. The molecular formula is C58H40O. The fourth-order valence-corrected chi connectivity index (χ4v) is 10.6. The molecule has 1 heteroatoms. The van der Waals surface area contributed by atoms with E-state index in [0.717, 1.165) is 24.0 Å². The van der Waals surface area contributed by atoms with E-state index in [4.69, 9.17) is 4.42 Å². The van der Waals surface area contributed by atoms with Gasteiger partial charge in [0, 0.05) is 10.8 Å². The average molecular weight is 753 g/mol. The highest BCUT2D eigenvalue weighted by Gasteiger charge is 2.51. The summed E-state index contributed by atoms with van der Waals surface area (Å²) in [7, 11) is 0. The van der Waals surface area contributed by atoms with E-state index in [2.05, 4.69) is 206 Å². The van der Waals surface area contributed by atoms with Crippen LogP contribution in [0.3, 0.4) is 0 Å². The second-order valence-corrected chi connectivity index (χ2v) is 16.3. The van der Waals surface area contributed by atoms with Crippen LogP contribution < -0.4 is 0 Å². The molecule has 0 bridgehead atoms. The molecule has 2 aliphatic rings. The van der Waals surface area contributed by atoms with Crippen molar-refractivity contribution in [3.8, 4) is 44.5 Å². The number of fused-ring (bicyclic) bond motifs is 13. The van der Waals surface area contributed by atoms with Gasteiger partial charge in [0.25, 0.3) is 0 Å². The molecule has 59 heavy (non-hydrogen) atoms. The first-order valence-electron chi connectivity index (χ1n) is 20.8. The molecule has 278 valence electrons. The third-order valence-electron chi connectivity index (χ3n) is 13.2. The molecule has 0 radical (unpaired) electrons. The standard InChI is InChI=1S/C58H40O/c1-2-13-39(14-3-1)40-26-28-41(29-27-40)42-30-32-43(33-31-42)45(35-38-25-34-49-48-18-7-11-24-55(48)59-56(49)36-38)37-44-15-12-23-54-57(44)50-19-6-10-22-53(50)58(54)51-20-8-4-16-46(51)47-17-5-9-21-52(47)58/h1-34,36,45H,35,37H2. The van der Waals surface area contributed by atoms with Gasteiger partial charge in [0.2, 0.25) is 0 Å². The molecule has 1 heterocycles. The molecule has 0 saturated carbocycles. The molecule has 10 aromatic rings. The first-order valence-corrected chi connectivity index (χ1v) is 20.8. The van der Waals surface area contributed by atoms with E-state index in [1.165, 1.54) is 94.2 Å². The van der Waals surface area contributed by atoms with E-state index in [0.29, 0.717) is 0 Å². The maximum Gasteiger partial charge on any atom is 0.135 e. The van der Waals surface area contributed by atoms with Crippen LogP contribution in [0.5, 0.6) is 0 Å². The zero-order chi connectivity index (χ0) is 38.9. The van der Waals surface area contributed by atoms with Crippen molar-refractivity contribution < 1.29 is 4.42 Å². The van der Waals surface area contributed by atoms with E-state index in [1.54, 1.807) is 0 Å². The number of hydrogen-bond acceptors (Lipinski definition) is 1. The van der Waals surface area contributed by atoms with Gasteiger partial charge in [0.05, 0.1) is 5.41 Å². The summed E-state index contributed by atoms with van der Waals surface area (Å²) in [6.07, 6.45) is 1.79. The van der Waals surface area contributed by atoms with Crippen molar-refractivity contribution in [1.82, 2.24) is 0 Å². The van der Waals surface area contributed by atoms with Gasteiger partial charge in [0.1, 0.15) is 11.2 Å². The fraction of sp³-hybridized carbons (Fsp3) is 0.0690. The second kappa shape index (κ2) is 13.4. The lowest BCUT2D eigenvalue weighted by molar-refractivity contribution is 0.661. The first kappa shape index (κ1) is 33.9. The Bertz CT molecular complexity index is 3160. The van der Waals surface area contributed by atoms with Crippen LogP contribution >= 0.6 is 0 Å². The lowest BCUT2D eigenvalue weighted by Crippen LogP contribution is -2.25. The number of para-hydroxylation sites is 1. The minimum Gasteiger partial charge on any atom is -0.456 e. The van der Waals surface area contributed by atoms with Crippen molar-refractivity contribution in [3.05, 3.63) is 251 Å². The Morgan fingerprint density at radius 2 is 0.898 bits per heavy atom. The zero-order valence-corrected chi connectivity index (χ0v) is 32.6. The monoisotopic (exact) mass is 752 g/mol. The Balaban J connectivity index is 0.972. The van der Waals surface area contributed by atoms with Crippen molar-refractivity contribution in [1.29, 1.82) is 0 Å². The largest absolute Gasteiger partial charge is 0.456 e. The van der Waals surface area contributed by atoms with E-state index >= 15 is 0 Å². The Labute approximate surface area is 344 Å². The molecule has 1 unspecified atom stereocenters. The predicted molar refractivity (Wildman–Crippen MR) is 244 cm³/mol. The highest BCUT2D eigenvalue weighted by atomic mass is 16.3. The van der Waals surface area contributed by atoms with Crippen molar-refractivity contribution in [2.45, 2.75) is 24.2 Å². The molecule has 12 rings (SSSR count). The van der Waals surface area contributed by atoms with Crippen LogP contribution in [0.4, 0.5) is 0 Å². The maximum atomic E-state index is 6.41. The van der Waals surface area contributed by atoms with Gasteiger partial charge in [-0.25, -0.2) is 0 Å². The summed E-state index contributed by atoms with van der Waals surface area (Å²) in [6, 6.07) is 78.6. The topological polar surface area (TPSA) is 13.1 Å². The molecule has 2 aliphatic carbocycles. The lowest BCUT2D eigenvalue weighted by atomic mass is 9.70. The van der Waals surface area contributed by atoms with E-state index in [9.17, 15) is 0 Å². The number of furan rings is 1. The molecule has 1 atom stereocenters. The first-order chi connectivity index (χ1) is 29.2. The lowest BCUT2D eigenvalue weighted by Gasteiger charge is -2.30. The number of hydrogen-bond donors (Lipinski definition) is 0. The van der Waals surface area contributed by atoms with E-state index in [-0.39, 0.29) is 11.3 Å². The van der Waals surface area contributed by atoms with Gasteiger partial charge < -0.3 is 4.42 Å². The molecular weight excluding hydrogens is 713 g/mol. The van der Waals surface area contributed by atoms with E-state index < -0.39 is 0 Å². The van der Waals surface area contributed by atoms with Gasteiger partial charge >= 0.3 is 0 Å². The molecule has 1 spiro atoms. The summed E-state index contributed by atoms with van der Waals surface area (Å²) in [5.74, 6) is 0.227. The summed E-state index contributed by atoms with van der Waals surface area (Å²) in [5.41, 5.74) is 21.4. The average Bonchev–Trinajstić information content (AvgIpc) is 3.93. The summed E-state index contributed by atoms with van der Waals surface area (Å²) in [4.78, 5) is 0. The van der Waals surface area contributed by atoms with Gasteiger partial charge in [-0.2, -0.15) is 0 Å². The van der Waals surface area contributed by atoms with Crippen molar-refractivity contribution >= 4 is 21.9 Å². The van der Waals surface area contributed by atoms with Crippen molar-refractivity contribution in [2.75, 3.05) is 0 Å². The minimum atomic E-state index is -0.353. The summed E-state index contributed by atoms with van der Waals surface area (Å²) in [6.45, 7) is 0. The highest BCUT2D eigenvalue weighted by Crippen LogP contribution is 2.63. The third-order valence-corrected chi connectivity index (χ3v) is 13.2. The van der Waals surface area contributed by atoms with Crippen LogP contribution in [-0.2, 0) is 18.3 Å². The molecule has 1 nitrogen and oxygen atoms in total. The third kappa shape index (κ3) is 5.25. The second-order valence-electron chi connectivity index (χ2n) is 16.3. The Kier molecular flexibility index (Phi) is 7.71. The number of benzene rings is 9. The van der Waals surface area contributed by atoms with Crippen LogP contribution in [0.15, 0.2) is 217 Å². The van der Waals surface area contributed by atoms with E-state index in [1.807, 2.05) is 6.07 Å². The summed E-state index contributed by atoms with van der Waals surface area (Å²) in [5, 5.41) is 2.34. The van der Waals surface area contributed by atoms with Crippen LogP contribution in [0.25, 0.3) is 66.4 Å². The van der Waals surface area contributed by atoms with Crippen LogP contribution in [0, 0.1) is 0 Å². The molecule has 0 aliphatic heterocycles. The zero-order valence-electron chi connectivity index (χ0n) is 32.6. The van der Waals surface area contributed by atoms with Gasteiger partial charge in [0.15, 0.2) is 0 Å².